The first kappa shape index (κ1) is 22.2. The van der Waals surface area contributed by atoms with E-state index in [1.807, 2.05) is 18.3 Å². The van der Waals surface area contributed by atoms with Crippen molar-refractivity contribution in [2.24, 2.45) is 0 Å². The van der Waals surface area contributed by atoms with Crippen molar-refractivity contribution in [3.05, 3.63) is 70.6 Å². The van der Waals surface area contributed by atoms with Crippen LogP contribution in [0.4, 0.5) is 0 Å². The molecule has 0 fully saturated rings. The van der Waals surface area contributed by atoms with Crippen molar-refractivity contribution in [3.63, 3.8) is 0 Å². The Balaban J connectivity index is 1.50. The van der Waals surface area contributed by atoms with Crippen molar-refractivity contribution in [3.8, 4) is 0 Å². The maximum atomic E-state index is 11.2. The number of hydrogen-bond donors (Lipinski definition) is 3. The van der Waals surface area contributed by atoms with Crippen LogP contribution in [0.1, 0.15) is 55.1 Å². The van der Waals surface area contributed by atoms with Crippen molar-refractivity contribution in [1.82, 2.24) is 20.3 Å². The number of nitrogens with zero attached hydrogens (tertiary/aromatic N) is 2. The standard InChI is InChI=1S/C26H32N4O2/c1-26(2,3)24-21(22-7-4-13-27-25(22)28-24)12-15-30-14-5-6-19-16-18(8-10-20(19)17-30)9-11-23(31)29-32/h4,7-11,13,16,32H,5-6,12,14-15,17H2,1-3H3,(H,27,28)(H,29,31)/b11-9+. The molecule has 3 N–H and O–H groups in total. The number of aromatic nitrogens is 2. The van der Waals surface area contributed by atoms with E-state index in [0.717, 1.165) is 50.1 Å². The Hall–Kier alpha value is -2.96. The van der Waals surface area contributed by atoms with Crippen LogP contribution in [-0.2, 0) is 29.6 Å². The van der Waals surface area contributed by atoms with Gasteiger partial charge in [0, 0.05) is 41.9 Å². The van der Waals surface area contributed by atoms with Crippen LogP contribution in [0.25, 0.3) is 17.1 Å². The number of fused-ring (bicyclic) bond motifs is 2. The third-order valence-electron chi connectivity index (χ3n) is 6.19. The van der Waals surface area contributed by atoms with Crippen molar-refractivity contribution in [2.45, 2.75) is 52.0 Å². The number of amides is 1. The number of benzene rings is 1. The second-order valence-corrected chi connectivity index (χ2v) is 9.60. The summed E-state index contributed by atoms with van der Waals surface area (Å²) in [5, 5.41) is 9.88. The predicted molar refractivity (Wildman–Crippen MR) is 128 cm³/mol. The highest BCUT2D eigenvalue weighted by molar-refractivity contribution is 5.90. The minimum atomic E-state index is -0.520. The van der Waals surface area contributed by atoms with Crippen LogP contribution in [0, 0.1) is 0 Å². The molecular weight excluding hydrogens is 400 g/mol. The average molecular weight is 433 g/mol. The molecule has 3 aromatic rings. The van der Waals surface area contributed by atoms with Crippen molar-refractivity contribution < 1.29 is 10.0 Å². The predicted octanol–water partition coefficient (Wildman–Crippen LogP) is 4.37. The number of aryl methyl sites for hydroxylation is 1. The van der Waals surface area contributed by atoms with E-state index in [1.165, 1.54) is 33.8 Å². The van der Waals surface area contributed by atoms with Crippen LogP contribution in [0.5, 0.6) is 0 Å². The number of pyridine rings is 1. The molecule has 1 aliphatic heterocycles. The second-order valence-electron chi connectivity index (χ2n) is 9.60. The average Bonchev–Trinajstić information content (AvgIpc) is 3.03. The van der Waals surface area contributed by atoms with E-state index in [4.69, 9.17) is 5.21 Å². The molecule has 3 heterocycles. The molecule has 0 saturated carbocycles. The quantitative estimate of drug-likeness (QED) is 0.318. The maximum absolute atomic E-state index is 11.2. The molecule has 0 atom stereocenters. The molecule has 0 radical (unpaired) electrons. The van der Waals surface area contributed by atoms with Gasteiger partial charge in [0.05, 0.1) is 0 Å². The summed E-state index contributed by atoms with van der Waals surface area (Å²) >= 11 is 0. The van der Waals surface area contributed by atoms with Crippen LogP contribution in [0.15, 0.2) is 42.6 Å². The number of rotatable bonds is 5. The lowest BCUT2D eigenvalue weighted by molar-refractivity contribution is -0.124. The van der Waals surface area contributed by atoms with Crippen LogP contribution in [-0.4, -0.2) is 39.1 Å². The number of H-pyrrole nitrogens is 1. The summed E-state index contributed by atoms with van der Waals surface area (Å²) in [4.78, 5) is 21.9. The molecule has 32 heavy (non-hydrogen) atoms. The van der Waals surface area contributed by atoms with Gasteiger partial charge in [-0.05, 0) is 66.3 Å². The van der Waals surface area contributed by atoms with Gasteiger partial charge in [-0.3, -0.25) is 14.9 Å². The Morgan fingerprint density at radius 3 is 2.91 bits per heavy atom. The van der Waals surface area contributed by atoms with Crippen molar-refractivity contribution in [2.75, 3.05) is 13.1 Å². The first-order valence-electron chi connectivity index (χ1n) is 11.3. The fourth-order valence-electron chi connectivity index (χ4n) is 4.60. The molecule has 6 nitrogen and oxygen atoms in total. The Kier molecular flexibility index (Phi) is 6.44. The summed E-state index contributed by atoms with van der Waals surface area (Å²) < 4.78 is 0. The molecule has 0 spiro atoms. The molecular formula is C26H32N4O2. The number of carbonyl (C=O) groups is 1. The molecule has 1 aromatic carbocycles. The van der Waals surface area contributed by atoms with E-state index in [-0.39, 0.29) is 5.41 Å². The number of hydrogen-bond acceptors (Lipinski definition) is 4. The lowest BCUT2D eigenvalue weighted by Gasteiger charge is -2.23. The van der Waals surface area contributed by atoms with Crippen LogP contribution in [0.3, 0.4) is 0 Å². The van der Waals surface area contributed by atoms with Crippen molar-refractivity contribution >= 4 is 23.0 Å². The number of aromatic amines is 1. The minimum Gasteiger partial charge on any atom is -0.343 e. The minimum absolute atomic E-state index is 0.0399. The Labute approximate surface area is 189 Å². The third-order valence-corrected chi connectivity index (χ3v) is 6.19. The molecule has 2 aromatic heterocycles. The fourth-order valence-corrected chi connectivity index (χ4v) is 4.60. The molecule has 0 aliphatic carbocycles. The van der Waals surface area contributed by atoms with Crippen LogP contribution in [0.2, 0.25) is 0 Å². The summed E-state index contributed by atoms with van der Waals surface area (Å²) in [5.41, 5.74) is 8.97. The molecule has 1 aliphatic rings. The van der Waals surface area contributed by atoms with Gasteiger partial charge >= 0.3 is 0 Å². The van der Waals surface area contributed by atoms with E-state index in [0.29, 0.717) is 0 Å². The van der Waals surface area contributed by atoms with Gasteiger partial charge < -0.3 is 4.98 Å². The molecule has 168 valence electrons. The first-order valence-corrected chi connectivity index (χ1v) is 11.3. The Morgan fingerprint density at radius 1 is 1.28 bits per heavy atom. The van der Waals surface area contributed by atoms with Gasteiger partial charge in [-0.2, -0.15) is 0 Å². The van der Waals surface area contributed by atoms with Gasteiger partial charge in [-0.1, -0.05) is 39.0 Å². The molecule has 0 saturated heterocycles. The van der Waals surface area contributed by atoms with Gasteiger partial charge in [0.15, 0.2) is 0 Å². The second kappa shape index (κ2) is 9.27. The normalized spacial score (nSPS) is 15.1. The SMILES string of the molecule is CC(C)(C)c1[nH]c2ncccc2c1CCN1CCCc2cc(/C=C/C(=O)NO)ccc2C1. The summed E-state index contributed by atoms with van der Waals surface area (Å²) in [7, 11) is 0. The van der Waals surface area contributed by atoms with Crippen molar-refractivity contribution in [1.29, 1.82) is 0 Å². The highest BCUT2D eigenvalue weighted by Gasteiger charge is 2.23. The summed E-state index contributed by atoms with van der Waals surface area (Å²) in [6.45, 7) is 9.75. The molecule has 4 rings (SSSR count). The number of hydroxylamine groups is 1. The molecule has 1 amide bonds. The monoisotopic (exact) mass is 432 g/mol. The fraction of sp³-hybridized carbons (Fsp3) is 0.385. The summed E-state index contributed by atoms with van der Waals surface area (Å²) in [5.74, 6) is -0.520. The summed E-state index contributed by atoms with van der Waals surface area (Å²) in [6.07, 6.45) is 8.05. The van der Waals surface area contributed by atoms with Gasteiger partial charge in [-0.15, -0.1) is 0 Å². The van der Waals surface area contributed by atoms with E-state index in [9.17, 15) is 4.79 Å². The van der Waals surface area contributed by atoms with Gasteiger partial charge in [0.2, 0.25) is 0 Å². The summed E-state index contributed by atoms with van der Waals surface area (Å²) in [6, 6.07) is 10.5. The molecule has 6 heteroatoms. The smallest absolute Gasteiger partial charge is 0.267 e. The number of carbonyl (C=O) groups excluding carboxylic acids is 1. The number of nitrogens with one attached hydrogen (secondary N) is 2. The van der Waals surface area contributed by atoms with E-state index in [2.05, 4.69) is 53.8 Å². The lowest BCUT2D eigenvalue weighted by Crippen LogP contribution is -2.26. The first-order chi connectivity index (χ1) is 15.3. The maximum Gasteiger partial charge on any atom is 0.267 e. The van der Waals surface area contributed by atoms with E-state index >= 15 is 0 Å². The van der Waals surface area contributed by atoms with Crippen LogP contribution < -0.4 is 5.48 Å². The zero-order valence-electron chi connectivity index (χ0n) is 19.1. The van der Waals surface area contributed by atoms with Gasteiger partial charge in [0.1, 0.15) is 5.65 Å². The largest absolute Gasteiger partial charge is 0.343 e. The van der Waals surface area contributed by atoms with Crippen LogP contribution >= 0.6 is 0 Å². The van der Waals surface area contributed by atoms with Gasteiger partial charge in [-0.25, -0.2) is 10.5 Å². The Bertz CT molecular complexity index is 1140. The molecule has 0 bridgehead atoms. The lowest BCUT2D eigenvalue weighted by atomic mass is 9.88. The zero-order chi connectivity index (χ0) is 22.7. The van der Waals surface area contributed by atoms with E-state index in [1.54, 1.807) is 11.6 Å². The topological polar surface area (TPSA) is 81.2 Å². The van der Waals surface area contributed by atoms with Gasteiger partial charge in [0.25, 0.3) is 5.91 Å². The highest BCUT2D eigenvalue weighted by Crippen LogP contribution is 2.31. The third kappa shape index (κ3) is 4.92. The van der Waals surface area contributed by atoms with E-state index < -0.39 is 5.91 Å². The highest BCUT2D eigenvalue weighted by atomic mass is 16.5. The molecule has 0 unspecified atom stereocenters. The zero-order valence-corrected chi connectivity index (χ0v) is 19.1. The Morgan fingerprint density at radius 2 is 2.12 bits per heavy atom.